The highest BCUT2D eigenvalue weighted by atomic mass is 79.9. The van der Waals surface area contributed by atoms with Crippen LogP contribution in [0.25, 0.3) is 0 Å². The Morgan fingerprint density at radius 1 is 1.41 bits per heavy atom. The number of aromatic nitrogens is 4. The third kappa shape index (κ3) is 3.26. The largest absolute Gasteiger partial charge is 0.370 e. The summed E-state index contributed by atoms with van der Waals surface area (Å²) >= 11 is 3.42. The maximum atomic E-state index is 4.27. The van der Waals surface area contributed by atoms with Crippen molar-refractivity contribution < 1.29 is 0 Å². The molecule has 2 aromatic heterocycles. The van der Waals surface area contributed by atoms with Crippen LogP contribution in [0, 0.1) is 6.92 Å². The molecule has 17 heavy (non-hydrogen) atoms. The van der Waals surface area contributed by atoms with Crippen LogP contribution < -0.4 is 5.32 Å². The monoisotopic (exact) mass is 295 g/mol. The van der Waals surface area contributed by atoms with Gasteiger partial charge < -0.3 is 5.32 Å². The smallest absolute Gasteiger partial charge is 0.152 e. The Bertz CT molecular complexity index is 508. The maximum Gasteiger partial charge on any atom is 0.152 e. The summed E-state index contributed by atoms with van der Waals surface area (Å²) in [4.78, 5) is 8.43. The number of nitrogens with zero attached hydrogens (tertiary/aromatic N) is 4. The highest BCUT2D eigenvalue weighted by molar-refractivity contribution is 9.10. The number of anilines is 1. The molecule has 0 aliphatic carbocycles. The van der Waals surface area contributed by atoms with Crippen LogP contribution in [0.2, 0.25) is 0 Å². The first kappa shape index (κ1) is 12.0. The first-order valence-electron chi connectivity index (χ1n) is 5.35. The first-order chi connectivity index (χ1) is 8.15. The molecule has 0 aliphatic heterocycles. The number of hydrogen-bond acceptors (Lipinski definition) is 4. The Morgan fingerprint density at radius 3 is 2.88 bits per heavy atom. The van der Waals surface area contributed by atoms with E-state index in [0.717, 1.165) is 29.1 Å². The van der Waals surface area contributed by atoms with Crippen LogP contribution >= 0.6 is 15.9 Å². The molecular weight excluding hydrogens is 282 g/mol. The van der Waals surface area contributed by atoms with Gasteiger partial charge in [-0.2, -0.15) is 5.10 Å². The number of rotatable bonds is 4. The van der Waals surface area contributed by atoms with Crippen molar-refractivity contribution in [2.75, 3.05) is 11.9 Å². The molecule has 0 fully saturated rings. The molecule has 0 spiro atoms. The third-order valence-corrected chi connectivity index (χ3v) is 3.18. The van der Waals surface area contributed by atoms with Crippen LogP contribution in [0.4, 0.5) is 5.82 Å². The molecular formula is C11H14BrN5. The van der Waals surface area contributed by atoms with Crippen molar-refractivity contribution in [3.63, 3.8) is 0 Å². The fourth-order valence-corrected chi connectivity index (χ4v) is 1.65. The van der Waals surface area contributed by atoms with Gasteiger partial charge in [0, 0.05) is 30.7 Å². The molecule has 0 saturated carbocycles. The summed E-state index contributed by atoms with van der Waals surface area (Å²) in [5, 5.41) is 7.46. The van der Waals surface area contributed by atoms with Crippen molar-refractivity contribution in [3.8, 4) is 0 Å². The lowest BCUT2D eigenvalue weighted by Crippen LogP contribution is -2.07. The zero-order valence-electron chi connectivity index (χ0n) is 9.81. The van der Waals surface area contributed by atoms with Gasteiger partial charge in [-0.15, -0.1) is 0 Å². The highest BCUT2D eigenvalue weighted by Gasteiger charge is 2.00. The lowest BCUT2D eigenvalue weighted by Gasteiger charge is -2.05. The predicted octanol–water partition coefficient (Wildman–Crippen LogP) is 1.94. The van der Waals surface area contributed by atoms with Crippen LogP contribution in [-0.2, 0) is 13.5 Å². The fourth-order valence-electron chi connectivity index (χ4n) is 1.44. The number of nitrogens with one attached hydrogen (secondary N) is 1. The van der Waals surface area contributed by atoms with Crippen molar-refractivity contribution in [2.24, 2.45) is 7.05 Å². The molecule has 0 saturated heterocycles. The van der Waals surface area contributed by atoms with Crippen molar-refractivity contribution >= 4 is 21.7 Å². The lowest BCUT2D eigenvalue weighted by molar-refractivity contribution is 0.742. The van der Waals surface area contributed by atoms with Crippen molar-refractivity contribution in [1.82, 2.24) is 19.7 Å². The van der Waals surface area contributed by atoms with Gasteiger partial charge in [0.2, 0.25) is 0 Å². The number of hydrogen-bond donors (Lipinski definition) is 1. The van der Waals surface area contributed by atoms with E-state index in [9.17, 15) is 0 Å². The number of aryl methyl sites for hydroxylation is 2. The first-order valence-corrected chi connectivity index (χ1v) is 6.15. The molecule has 0 unspecified atom stereocenters. The molecule has 0 bridgehead atoms. The van der Waals surface area contributed by atoms with E-state index < -0.39 is 0 Å². The molecule has 0 radical (unpaired) electrons. The van der Waals surface area contributed by atoms with E-state index in [1.54, 1.807) is 17.2 Å². The van der Waals surface area contributed by atoms with E-state index in [0.29, 0.717) is 0 Å². The topological polar surface area (TPSA) is 55.6 Å². The Kier molecular flexibility index (Phi) is 3.73. The average Bonchev–Trinajstić information content (AvgIpc) is 2.70. The van der Waals surface area contributed by atoms with E-state index in [1.165, 1.54) is 5.56 Å². The van der Waals surface area contributed by atoms with Gasteiger partial charge in [0.05, 0.1) is 0 Å². The van der Waals surface area contributed by atoms with Crippen LogP contribution in [0.3, 0.4) is 0 Å². The van der Waals surface area contributed by atoms with Gasteiger partial charge in [-0.25, -0.2) is 9.97 Å². The summed E-state index contributed by atoms with van der Waals surface area (Å²) in [5.41, 5.74) is 1.17. The molecule has 2 rings (SSSR count). The van der Waals surface area contributed by atoms with Crippen molar-refractivity contribution in [2.45, 2.75) is 13.3 Å². The van der Waals surface area contributed by atoms with E-state index >= 15 is 0 Å². The third-order valence-electron chi connectivity index (χ3n) is 2.35. The minimum absolute atomic E-state index is 0.776. The molecule has 90 valence electrons. The van der Waals surface area contributed by atoms with Gasteiger partial charge in [-0.1, -0.05) is 0 Å². The van der Waals surface area contributed by atoms with Crippen LogP contribution in [0.1, 0.15) is 11.4 Å². The van der Waals surface area contributed by atoms with E-state index in [2.05, 4.69) is 36.3 Å². The molecule has 0 atom stereocenters. The Labute approximate surface area is 108 Å². The minimum atomic E-state index is 0.776. The molecule has 2 heterocycles. The normalized spacial score (nSPS) is 10.5. The minimum Gasteiger partial charge on any atom is -0.370 e. The van der Waals surface area contributed by atoms with E-state index in [-0.39, 0.29) is 0 Å². The molecule has 5 nitrogen and oxygen atoms in total. The fraction of sp³-hybridized carbons (Fsp3) is 0.364. The van der Waals surface area contributed by atoms with Gasteiger partial charge in [0.25, 0.3) is 0 Å². The number of halogens is 1. The second-order valence-corrected chi connectivity index (χ2v) is 4.68. The Hall–Kier alpha value is -1.43. The maximum absolute atomic E-state index is 4.27. The standard InChI is InChI=1S/C11H14BrN5/c1-8-5-11(14-6-9(8)12)13-4-3-10-15-7-17(2)16-10/h5-7H,3-4H2,1-2H3,(H,13,14). The zero-order valence-corrected chi connectivity index (χ0v) is 11.4. The van der Waals surface area contributed by atoms with Crippen LogP contribution in [0.15, 0.2) is 23.1 Å². The molecule has 0 aromatic carbocycles. The van der Waals surface area contributed by atoms with Gasteiger partial charge in [0.1, 0.15) is 12.1 Å². The summed E-state index contributed by atoms with van der Waals surface area (Å²) in [5.74, 6) is 1.72. The lowest BCUT2D eigenvalue weighted by atomic mass is 10.3. The quantitative estimate of drug-likeness (QED) is 0.936. The molecule has 6 heteroatoms. The Balaban J connectivity index is 1.87. The van der Waals surface area contributed by atoms with Gasteiger partial charge in [0.15, 0.2) is 5.82 Å². The molecule has 1 N–H and O–H groups in total. The summed E-state index contributed by atoms with van der Waals surface area (Å²) in [6, 6.07) is 2.01. The van der Waals surface area contributed by atoms with Crippen molar-refractivity contribution in [3.05, 3.63) is 34.5 Å². The predicted molar refractivity (Wildman–Crippen MR) is 69.9 cm³/mol. The van der Waals surface area contributed by atoms with Gasteiger partial charge >= 0.3 is 0 Å². The van der Waals surface area contributed by atoms with Crippen LogP contribution in [0.5, 0.6) is 0 Å². The van der Waals surface area contributed by atoms with Crippen LogP contribution in [-0.4, -0.2) is 26.3 Å². The SMILES string of the molecule is Cc1cc(NCCc2ncn(C)n2)ncc1Br. The zero-order chi connectivity index (χ0) is 12.3. The summed E-state index contributed by atoms with van der Waals surface area (Å²) in [6.07, 6.45) is 4.30. The molecule has 0 aliphatic rings. The van der Waals surface area contributed by atoms with Gasteiger partial charge in [-0.3, -0.25) is 4.68 Å². The van der Waals surface area contributed by atoms with E-state index in [1.807, 2.05) is 20.0 Å². The average molecular weight is 296 g/mol. The second kappa shape index (κ2) is 5.27. The summed E-state index contributed by atoms with van der Waals surface area (Å²) in [7, 11) is 1.86. The second-order valence-electron chi connectivity index (χ2n) is 3.83. The van der Waals surface area contributed by atoms with E-state index in [4.69, 9.17) is 0 Å². The number of pyridine rings is 1. The molecule has 0 amide bonds. The summed E-state index contributed by atoms with van der Waals surface area (Å²) in [6.45, 7) is 2.81. The summed E-state index contributed by atoms with van der Waals surface area (Å²) < 4.78 is 2.73. The van der Waals surface area contributed by atoms with Gasteiger partial charge in [-0.05, 0) is 34.5 Å². The highest BCUT2D eigenvalue weighted by Crippen LogP contribution is 2.16. The molecule has 2 aromatic rings. The Morgan fingerprint density at radius 2 is 2.24 bits per heavy atom. The van der Waals surface area contributed by atoms with Crippen molar-refractivity contribution in [1.29, 1.82) is 0 Å².